The summed E-state index contributed by atoms with van der Waals surface area (Å²) < 4.78 is 2.17. The maximum atomic E-state index is 6.21. The first-order valence-electron chi connectivity index (χ1n) is 5.05. The molecule has 1 atom stereocenters. The average Bonchev–Trinajstić information content (AvgIpc) is 2.29. The van der Waals surface area contributed by atoms with Gasteiger partial charge in [-0.15, -0.1) is 0 Å². The fraction of sp³-hybridized carbons (Fsp3) is 0.333. The van der Waals surface area contributed by atoms with Gasteiger partial charge in [-0.05, 0) is 17.8 Å². The summed E-state index contributed by atoms with van der Waals surface area (Å²) in [6, 6.07) is 9.94. The van der Waals surface area contributed by atoms with Gasteiger partial charge >= 0.3 is 0 Å². The summed E-state index contributed by atoms with van der Waals surface area (Å²) in [6.45, 7) is 6.11. The van der Waals surface area contributed by atoms with Crippen molar-refractivity contribution in [3.05, 3.63) is 35.9 Å². The number of benzene rings is 1. The molecule has 0 aromatic heterocycles. The Labute approximate surface area is 98.0 Å². The predicted molar refractivity (Wildman–Crippen MR) is 69.0 cm³/mol. The maximum absolute atomic E-state index is 6.21. The van der Waals surface area contributed by atoms with E-state index in [2.05, 4.69) is 30.1 Å². The van der Waals surface area contributed by atoms with Gasteiger partial charge in [-0.2, -0.15) is 0 Å². The summed E-state index contributed by atoms with van der Waals surface area (Å²) in [5, 5.41) is 0. The van der Waals surface area contributed by atoms with Gasteiger partial charge in [0, 0.05) is 18.7 Å². The number of rotatable bonds is 3. The molecule has 1 unspecified atom stereocenters. The van der Waals surface area contributed by atoms with Crippen LogP contribution in [0, 0.1) is 11.6 Å². The van der Waals surface area contributed by atoms with E-state index in [4.69, 9.17) is 11.2 Å². The highest BCUT2D eigenvalue weighted by atomic mass is 35.7. The van der Waals surface area contributed by atoms with Crippen LogP contribution >= 0.6 is 18.7 Å². The van der Waals surface area contributed by atoms with Crippen molar-refractivity contribution in [1.82, 2.24) is 4.67 Å². The van der Waals surface area contributed by atoms with Crippen molar-refractivity contribution in [3.8, 4) is 11.6 Å². The molecule has 0 heterocycles. The van der Waals surface area contributed by atoms with Crippen LogP contribution in [0.2, 0.25) is 0 Å². The molecular formula is C12H15ClNP. The van der Waals surface area contributed by atoms with Crippen molar-refractivity contribution in [2.24, 2.45) is 0 Å². The third kappa shape index (κ3) is 4.22. The first-order chi connectivity index (χ1) is 7.27. The second-order valence-electron chi connectivity index (χ2n) is 3.00. The first-order valence-corrected chi connectivity index (χ1v) is 7.25. The third-order valence-electron chi connectivity index (χ3n) is 2.04. The summed E-state index contributed by atoms with van der Waals surface area (Å²) in [5.74, 6) is 3.10. The molecule has 0 saturated heterocycles. The summed E-state index contributed by atoms with van der Waals surface area (Å²) in [6.07, 6.45) is 0. The highest BCUT2D eigenvalue weighted by Gasteiger charge is 2.08. The van der Waals surface area contributed by atoms with Gasteiger partial charge in [0.25, 0.3) is 0 Å². The second kappa shape index (κ2) is 6.85. The van der Waals surface area contributed by atoms with Crippen LogP contribution in [0.5, 0.6) is 0 Å². The molecule has 0 aliphatic rings. The lowest BCUT2D eigenvalue weighted by Crippen LogP contribution is -2.13. The Kier molecular flexibility index (Phi) is 5.73. The highest BCUT2D eigenvalue weighted by Crippen LogP contribution is 2.43. The fourth-order valence-electron chi connectivity index (χ4n) is 1.17. The molecule has 1 rings (SSSR count). The molecule has 0 N–H and O–H groups in total. The molecular weight excluding hydrogens is 225 g/mol. The number of hydrogen-bond acceptors (Lipinski definition) is 1. The first kappa shape index (κ1) is 12.5. The molecule has 0 bridgehead atoms. The summed E-state index contributed by atoms with van der Waals surface area (Å²) >= 11 is 6.21. The van der Waals surface area contributed by atoms with Gasteiger partial charge in [0.2, 0.25) is 0 Å². The zero-order valence-electron chi connectivity index (χ0n) is 9.07. The Balaban J connectivity index is 2.65. The minimum atomic E-state index is -0.823. The van der Waals surface area contributed by atoms with Gasteiger partial charge in [-0.3, -0.25) is 4.67 Å². The standard InChI is InChI=1S/C12H15ClNP/c1-3-14(4-2)15(13)11-10-12-8-6-5-7-9-12/h5-9H,3-4H2,1-2H3. The molecule has 0 saturated carbocycles. The lowest BCUT2D eigenvalue weighted by atomic mass is 10.2. The number of hydrogen-bond donors (Lipinski definition) is 0. The smallest absolute Gasteiger partial charge is 0.142 e. The van der Waals surface area contributed by atoms with Crippen LogP contribution in [-0.2, 0) is 0 Å². The Morgan fingerprint density at radius 2 is 1.80 bits per heavy atom. The molecule has 0 spiro atoms. The van der Waals surface area contributed by atoms with Crippen LogP contribution in [0.4, 0.5) is 0 Å². The van der Waals surface area contributed by atoms with Crippen molar-refractivity contribution in [3.63, 3.8) is 0 Å². The van der Waals surface area contributed by atoms with Crippen LogP contribution in [0.25, 0.3) is 0 Å². The predicted octanol–water partition coefficient (Wildman–Crippen LogP) is 3.89. The van der Waals surface area contributed by atoms with Crippen LogP contribution < -0.4 is 0 Å². The van der Waals surface area contributed by atoms with Crippen LogP contribution in [0.3, 0.4) is 0 Å². The third-order valence-corrected chi connectivity index (χ3v) is 4.30. The van der Waals surface area contributed by atoms with Crippen LogP contribution in [0.1, 0.15) is 19.4 Å². The van der Waals surface area contributed by atoms with Crippen molar-refractivity contribution in [1.29, 1.82) is 0 Å². The lowest BCUT2D eigenvalue weighted by Gasteiger charge is -2.18. The molecule has 0 amide bonds. The van der Waals surface area contributed by atoms with Crippen molar-refractivity contribution >= 4 is 18.7 Å². The normalized spacial score (nSPS) is 12.0. The molecule has 1 nitrogen and oxygen atoms in total. The molecule has 0 aliphatic heterocycles. The lowest BCUT2D eigenvalue weighted by molar-refractivity contribution is 0.517. The van der Waals surface area contributed by atoms with E-state index in [0.717, 1.165) is 18.7 Å². The molecule has 80 valence electrons. The van der Waals surface area contributed by atoms with Gasteiger partial charge in [-0.1, -0.05) is 49.2 Å². The van der Waals surface area contributed by atoms with Gasteiger partial charge in [0.15, 0.2) is 0 Å². The second-order valence-corrected chi connectivity index (χ2v) is 5.27. The van der Waals surface area contributed by atoms with E-state index in [-0.39, 0.29) is 0 Å². The maximum Gasteiger partial charge on any atom is 0.142 e. The van der Waals surface area contributed by atoms with Gasteiger partial charge in [0.1, 0.15) is 7.43 Å². The zero-order chi connectivity index (χ0) is 11.1. The van der Waals surface area contributed by atoms with Gasteiger partial charge in [-0.25, -0.2) is 0 Å². The zero-order valence-corrected chi connectivity index (χ0v) is 10.7. The van der Waals surface area contributed by atoms with Crippen LogP contribution in [0.15, 0.2) is 30.3 Å². The molecule has 1 aromatic carbocycles. The van der Waals surface area contributed by atoms with Gasteiger partial charge < -0.3 is 0 Å². The van der Waals surface area contributed by atoms with Crippen molar-refractivity contribution in [2.45, 2.75) is 13.8 Å². The molecule has 15 heavy (non-hydrogen) atoms. The minimum Gasteiger partial charge on any atom is -0.260 e. The Morgan fingerprint density at radius 1 is 1.20 bits per heavy atom. The monoisotopic (exact) mass is 239 g/mol. The Morgan fingerprint density at radius 3 is 2.33 bits per heavy atom. The van der Waals surface area contributed by atoms with E-state index < -0.39 is 7.43 Å². The van der Waals surface area contributed by atoms with E-state index in [1.807, 2.05) is 30.3 Å². The topological polar surface area (TPSA) is 3.24 Å². The Bertz CT molecular complexity index is 338. The molecule has 0 fully saturated rings. The van der Waals surface area contributed by atoms with E-state index in [0.29, 0.717) is 0 Å². The van der Waals surface area contributed by atoms with Crippen molar-refractivity contribution < 1.29 is 0 Å². The van der Waals surface area contributed by atoms with E-state index in [1.54, 1.807) is 0 Å². The van der Waals surface area contributed by atoms with Crippen molar-refractivity contribution in [2.75, 3.05) is 13.1 Å². The Hall–Kier alpha value is -0.540. The fourth-order valence-corrected chi connectivity index (χ4v) is 2.80. The van der Waals surface area contributed by atoms with E-state index >= 15 is 0 Å². The number of halogens is 1. The molecule has 0 aliphatic carbocycles. The summed E-state index contributed by atoms with van der Waals surface area (Å²) in [7, 11) is -0.823. The molecule has 1 aromatic rings. The molecule has 3 heteroatoms. The van der Waals surface area contributed by atoms with E-state index in [9.17, 15) is 0 Å². The largest absolute Gasteiger partial charge is 0.260 e. The molecule has 0 radical (unpaired) electrons. The minimum absolute atomic E-state index is 0.823. The quantitative estimate of drug-likeness (QED) is 0.571. The highest BCUT2D eigenvalue weighted by molar-refractivity contribution is 7.86. The van der Waals surface area contributed by atoms with Gasteiger partial charge in [0.05, 0.1) is 0 Å². The van der Waals surface area contributed by atoms with Crippen LogP contribution in [-0.4, -0.2) is 17.8 Å². The SMILES string of the molecule is CCN(CC)P(Cl)C#Cc1ccccc1. The average molecular weight is 240 g/mol. The summed E-state index contributed by atoms with van der Waals surface area (Å²) in [5.41, 5.74) is 4.13. The number of nitrogens with zero attached hydrogens (tertiary/aromatic N) is 1. The van der Waals surface area contributed by atoms with E-state index in [1.165, 1.54) is 0 Å². The summed E-state index contributed by atoms with van der Waals surface area (Å²) in [4.78, 5) is 0.